The van der Waals surface area contributed by atoms with Crippen LogP contribution < -0.4 is 5.73 Å². The molecule has 0 spiro atoms. The fourth-order valence-electron chi connectivity index (χ4n) is 2.16. The van der Waals surface area contributed by atoms with E-state index in [2.05, 4.69) is 4.29 Å². The topological polar surface area (TPSA) is 52.3 Å². The number of hydrogen-bond acceptors (Lipinski definition) is 3. The highest BCUT2D eigenvalue weighted by Crippen LogP contribution is 2.28. The summed E-state index contributed by atoms with van der Waals surface area (Å²) in [5.74, 6) is -0.531. The van der Waals surface area contributed by atoms with Gasteiger partial charge in [-0.05, 0) is 23.6 Å². The largest absolute Gasteiger partial charge is 0.348 e. The SMILES string of the molecule is N[C@@H](CC(=O)OCl)Cc1ccc(-c2ccccc2)c(Cl)c1. The zero-order valence-electron chi connectivity index (χ0n) is 11.3. The van der Waals surface area contributed by atoms with Crippen molar-refractivity contribution in [1.82, 2.24) is 0 Å². The van der Waals surface area contributed by atoms with Gasteiger partial charge in [0, 0.05) is 16.6 Å². The number of halogens is 2. The zero-order valence-corrected chi connectivity index (χ0v) is 12.8. The van der Waals surface area contributed by atoms with Gasteiger partial charge in [-0.25, -0.2) is 0 Å². The molecule has 0 saturated carbocycles. The van der Waals surface area contributed by atoms with Crippen LogP contribution in [0.25, 0.3) is 11.1 Å². The second-order valence-corrected chi connectivity index (χ2v) is 5.36. The normalized spacial score (nSPS) is 12.0. The lowest BCUT2D eigenvalue weighted by molar-refractivity contribution is -0.134. The molecule has 0 fully saturated rings. The summed E-state index contributed by atoms with van der Waals surface area (Å²) < 4.78 is 4.09. The Morgan fingerprint density at radius 1 is 1.19 bits per heavy atom. The standard InChI is InChI=1S/C16H15Cl2NO2/c17-15-9-11(8-13(19)10-16(20)21-18)6-7-14(15)12-4-2-1-3-5-12/h1-7,9,13H,8,10,19H2/t13-/m1/s1. The van der Waals surface area contributed by atoms with E-state index in [9.17, 15) is 4.79 Å². The molecule has 0 aliphatic rings. The van der Waals surface area contributed by atoms with Crippen molar-refractivity contribution in [3.63, 3.8) is 0 Å². The van der Waals surface area contributed by atoms with Crippen LogP contribution in [0.1, 0.15) is 12.0 Å². The van der Waals surface area contributed by atoms with Crippen LogP contribution in [0.3, 0.4) is 0 Å². The Hall–Kier alpha value is -1.55. The minimum Gasteiger partial charge on any atom is -0.348 e. The average Bonchev–Trinajstić information content (AvgIpc) is 2.48. The Bertz CT molecular complexity index is 617. The van der Waals surface area contributed by atoms with Gasteiger partial charge in [0.1, 0.15) is 11.9 Å². The fourth-order valence-corrected chi connectivity index (χ4v) is 2.53. The first-order chi connectivity index (χ1) is 10.1. The molecule has 3 nitrogen and oxygen atoms in total. The molecule has 0 aliphatic carbocycles. The molecule has 5 heteroatoms. The van der Waals surface area contributed by atoms with Crippen LogP contribution in [0.4, 0.5) is 0 Å². The predicted octanol–water partition coefficient (Wildman–Crippen LogP) is 3.96. The van der Waals surface area contributed by atoms with Crippen molar-refractivity contribution in [2.24, 2.45) is 5.73 Å². The second kappa shape index (κ2) is 7.46. The van der Waals surface area contributed by atoms with E-state index in [0.29, 0.717) is 11.4 Å². The first-order valence-electron chi connectivity index (χ1n) is 6.51. The van der Waals surface area contributed by atoms with Gasteiger partial charge in [0.25, 0.3) is 0 Å². The number of rotatable bonds is 5. The van der Waals surface area contributed by atoms with Crippen molar-refractivity contribution >= 4 is 29.4 Å². The molecule has 0 heterocycles. The van der Waals surface area contributed by atoms with Crippen LogP contribution in [0.5, 0.6) is 0 Å². The lowest BCUT2D eigenvalue weighted by atomic mass is 10.00. The lowest BCUT2D eigenvalue weighted by Crippen LogP contribution is -2.26. The predicted molar refractivity (Wildman–Crippen MR) is 85.1 cm³/mol. The smallest absolute Gasteiger partial charge is 0.326 e. The summed E-state index contributed by atoms with van der Waals surface area (Å²) in [6, 6.07) is 15.3. The van der Waals surface area contributed by atoms with Gasteiger partial charge in [0.05, 0.1) is 6.42 Å². The maximum absolute atomic E-state index is 11.1. The fraction of sp³-hybridized carbons (Fsp3) is 0.188. The number of hydrogen-bond donors (Lipinski definition) is 1. The third-order valence-corrected chi connectivity index (χ3v) is 3.62. The third kappa shape index (κ3) is 4.46. The van der Waals surface area contributed by atoms with E-state index >= 15 is 0 Å². The molecule has 0 radical (unpaired) electrons. The highest BCUT2D eigenvalue weighted by Gasteiger charge is 2.12. The maximum atomic E-state index is 11.1. The van der Waals surface area contributed by atoms with Crippen LogP contribution in [0.15, 0.2) is 48.5 Å². The summed E-state index contributed by atoms with van der Waals surface area (Å²) >= 11 is 11.3. The van der Waals surface area contributed by atoms with Crippen molar-refractivity contribution in [3.8, 4) is 11.1 Å². The van der Waals surface area contributed by atoms with E-state index < -0.39 is 5.97 Å². The minimum absolute atomic E-state index is 0.0710. The molecule has 0 unspecified atom stereocenters. The first-order valence-corrected chi connectivity index (χ1v) is 7.19. The van der Waals surface area contributed by atoms with Gasteiger partial charge in [-0.1, -0.05) is 54.1 Å². The van der Waals surface area contributed by atoms with E-state index in [0.717, 1.165) is 16.7 Å². The molecule has 2 rings (SSSR count). The molecule has 0 saturated heterocycles. The third-order valence-electron chi connectivity index (χ3n) is 3.13. The van der Waals surface area contributed by atoms with Gasteiger partial charge in [-0.15, -0.1) is 0 Å². The molecule has 2 N–H and O–H groups in total. The van der Waals surface area contributed by atoms with Gasteiger partial charge in [0.2, 0.25) is 0 Å². The van der Waals surface area contributed by atoms with E-state index in [1.807, 2.05) is 48.5 Å². The number of carbonyl (C=O) groups excluding carboxylic acids is 1. The van der Waals surface area contributed by atoms with Crippen molar-refractivity contribution in [1.29, 1.82) is 0 Å². The highest BCUT2D eigenvalue weighted by atomic mass is 35.5. The van der Waals surface area contributed by atoms with Crippen LogP contribution in [0.2, 0.25) is 5.02 Å². The van der Waals surface area contributed by atoms with Crippen molar-refractivity contribution in [3.05, 3.63) is 59.1 Å². The molecule has 2 aromatic carbocycles. The van der Waals surface area contributed by atoms with Crippen molar-refractivity contribution in [2.45, 2.75) is 18.9 Å². The van der Waals surface area contributed by atoms with Crippen molar-refractivity contribution < 1.29 is 9.08 Å². The molecular formula is C16H15Cl2NO2. The Kier molecular flexibility index (Phi) is 5.62. The molecule has 0 bridgehead atoms. The summed E-state index contributed by atoms with van der Waals surface area (Å²) in [6.45, 7) is 0. The summed E-state index contributed by atoms with van der Waals surface area (Å²) in [6.07, 6.45) is 0.600. The number of carbonyl (C=O) groups is 1. The summed E-state index contributed by atoms with van der Waals surface area (Å²) in [5.41, 5.74) is 8.87. The van der Waals surface area contributed by atoms with Crippen LogP contribution in [-0.4, -0.2) is 12.0 Å². The monoisotopic (exact) mass is 323 g/mol. The van der Waals surface area contributed by atoms with E-state index in [4.69, 9.17) is 29.2 Å². The highest BCUT2D eigenvalue weighted by molar-refractivity contribution is 6.33. The summed E-state index contributed by atoms with van der Waals surface area (Å²) in [4.78, 5) is 11.1. The molecule has 0 amide bonds. The van der Waals surface area contributed by atoms with Crippen LogP contribution in [0, 0.1) is 0 Å². The number of benzene rings is 2. The summed E-state index contributed by atoms with van der Waals surface area (Å²) in [5, 5.41) is 0.658. The van der Waals surface area contributed by atoms with E-state index in [1.165, 1.54) is 0 Å². The minimum atomic E-state index is -0.531. The average molecular weight is 324 g/mol. The Morgan fingerprint density at radius 3 is 2.52 bits per heavy atom. The molecule has 110 valence electrons. The molecule has 0 aromatic heterocycles. The van der Waals surface area contributed by atoms with Gasteiger partial charge in [-0.3, -0.25) is 4.79 Å². The van der Waals surface area contributed by atoms with Gasteiger partial charge < -0.3 is 10.0 Å². The molecule has 21 heavy (non-hydrogen) atoms. The van der Waals surface area contributed by atoms with Crippen LogP contribution in [-0.2, 0) is 15.5 Å². The first kappa shape index (κ1) is 15.8. The van der Waals surface area contributed by atoms with Gasteiger partial charge >= 0.3 is 5.97 Å². The number of nitrogens with two attached hydrogens (primary N) is 1. The van der Waals surface area contributed by atoms with Gasteiger partial charge in [0.15, 0.2) is 0 Å². The van der Waals surface area contributed by atoms with Crippen molar-refractivity contribution in [2.75, 3.05) is 0 Å². The maximum Gasteiger partial charge on any atom is 0.326 e. The van der Waals surface area contributed by atoms with E-state index in [-0.39, 0.29) is 12.5 Å². The lowest BCUT2D eigenvalue weighted by Gasteiger charge is -2.11. The van der Waals surface area contributed by atoms with Gasteiger partial charge in [-0.2, -0.15) is 0 Å². The van der Waals surface area contributed by atoms with Crippen LogP contribution >= 0.6 is 23.5 Å². The zero-order chi connectivity index (χ0) is 15.2. The van der Waals surface area contributed by atoms with E-state index in [1.54, 1.807) is 0 Å². The molecule has 2 aromatic rings. The Morgan fingerprint density at radius 2 is 1.90 bits per heavy atom. The second-order valence-electron chi connectivity index (χ2n) is 4.80. The molecule has 0 aliphatic heterocycles. The molecular weight excluding hydrogens is 309 g/mol. The molecule has 1 atom stereocenters. The Labute approximate surface area is 133 Å². The quantitative estimate of drug-likeness (QED) is 0.905. The Balaban J connectivity index is 2.11. The summed E-state index contributed by atoms with van der Waals surface area (Å²) in [7, 11) is 0.